The summed E-state index contributed by atoms with van der Waals surface area (Å²) in [6.45, 7) is 7.52. The van der Waals surface area contributed by atoms with E-state index in [0.29, 0.717) is 0 Å². The Kier molecular flexibility index (Phi) is 6.72. The number of amides is 1. The smallest absolute Gasteiger partial charge is 0.296 e. The summed E-state index contributed by atoms with van der Waals surface area (Å²) in [6, 6.07) is -0.00650. The number of nitrogens with one attached hydrogen (secondary N) is 1. The number of rotatable bonds is 4. The van der Waals surface area contributed by atoms with Crippen molar-refractivity contribution in [3.63, 3.8) is 0 Å². The molecule has 0 aromatic rings. The van der Waals surface area contributed by atoms with Crippen molar-refractivity contribution < 1.29 is 4.79 Å². The van der Waals surface area contributed by atoms with Gasteiger partial charge in [-0.05, 0) is 19.3 Å². The van der Waals surface area contributed by atoms with Crippen molar-refractivity contribution in [1.82, 2.24) is 5.32 Å². The Bertz CT molecular complexity index is 222. The number of carbonyl (C=O) groups is 1. The molecule has 0 heterocycles. The van der Waals surface area contributed by atoms with Crippen LogP contribution in [-0.4, -0.2) is 11.9 Å². The zero-order chi connectivity index (χ0) is 10.1. The summed E-state index contributed by atoms with van der Waals surface area (Å²) in [4.78, 5) is 11.0. The number of unbranched alkanes of at least 4 members (excludes halogenated alkanes) is 2. The van der Waals surface area contributed by atoms with Gasteiger partial charge in [-0.25, -0.2) is 0 Å². The maximum absolute atomic E-state index is 11.0. The standard InChI is InChI=1S/C11H17NO/c1-4-6-7-8-9-11(13)12-10(3)5-2/h5,10H,2,4,6-7H2,1,3H3,(H,12,13). The van der Waals surface area contributed by atoms with Gasteiger partial charge in [-0.15, -0.1) is 6.58 Å². The average molecular weight is 179 g/mol. The van der Waals surface area contributed by atoms with E-state index in [4.69, 9.17) is 0 Å². The number of hydrogen-bond donors (Lipinski definition) is 1. The van der Waals surface area contributed by atoms with Gasteiger partial charge in [0, 0.05) is 12.5 Å². The average Bonchev–Trinajstić information content (AvgIpc) is 2.12. The SMILES string of the molecule is C=CC(C)NC(=O)C#CCCCC. The highest BCUT2D eigenvalue weighted by Crippen LogP contribution is 1.90. The van der Waals surface area contributed by atoms with Crippen molar-refractivity contribution in [2.75, 3.05) is 0 Å². The Hall–Kier alpha value is -1.23. The van der Waals surface area contributed by atoms with Crippen LogP contribution in [0.1, 0.15) is 33.1 Å². The van der Waals surface area contributed by atoms with Crippen molar-refractivity contribution in [3.8, 4) is 11.8 Å². The first-order chi connectivity index (χ1) is 6.20. The molecule has 1 atom stereocenters. The van der Waals surface area contributed by atoms with Crippen LogP contribution < -0.4 is 5.32 Å². The first-order valence-electron chi connectivity index (χ1n) is 4.62. The molecule has 2 heteroatoms. The molecule has 13 heavy (non-hydrogen) atoms. The van der Waals surface area contributed by atoms with E-state index in [1.807, 2.05) is 6.92 Å². The zero-order valence-electron chi connectivity index (χ0n) is 8.39. The molecule has 0 aliphatic rings. The molecular weight excluding hydrogens is 162 g/mol. The van der Waals surface area contributed by atoms with Crippen molar-refractivity contribution in [2.24, 2.45) is 0 Å². The molecule has 0 aliphatic carbocycles. The van der Waals surface area contributed by atoms with E-state index >= 15 is 0 Å². The third kappa shape index (κ3) is 7.14. The van der Waals surface area contributed by atoms with E-state index in [-0.39, 0.29) is 11.9 Å². The highest BCUT2D eigenvalue weighted by Gasteiger charge is 1.97. The molecule has 1 amide bonds. The second kappa shape index (κ2) is 7.42. The summed E-state index contributed by atoms with van der Waals surface area (Å²) in [5.74, 6) is 5.14. The Morgan fingerprint density at radius 3 is 2.92 bits per heavy atom. The van der Waals surface area contributed by atoms with Gasteiger partial charge in [0.05, 0.1) is 0 Å². The summed E-state index contributed by atoms with van der Waals surface area (Å²) >= 11 is 0. The molecule has 0 aliphatic heterocycles. The van der Waals surface area contributed by atoms with E-state index < -0.39 is 0 Å². The van der Waals surface area contributed by atoms with Crippen LogP contribution in [-0.2, 0) is 4.79 Å². The fourth-order valence-electron chi connectivity index (χ4n) is 0.710. The molecule has 2 nitrogen and oxygen atoms in total. The first kappa shape index (κ1) is 11.8. The Labute approximate surface area is 80.4 Å². The molecule has 0 bridgehead atoms. The quantitative estimate of drug-likeness (QED) is 0.398. The first-order valence-corrected chi connectivity index (χ1v) is 4.62. The maximum atomic E-state index is 11.0. The van der Waals surface area contributed by atoms with Gasteiger partial charge in [-0.2, -0.15) is 0 Å². The molecule has 0 fully saturated rings. The molecule has 0 spiro atoms. The molecule has 1 unspecified atom stereocenters. The van der Waals surface area contributed by atoms with E-state index in [1.165, 1.54) is 0 Å². The van der Waals surface area contributed by atoms with Crippen LogP contribution in [0, 0.1) is 11.8 Å². The number of hydrogen-bond acceptors (Lipinski definition) is 1. The lowest BCUT2D eigenvalue weighted by molar-refractivity contribution is -0.116. The van der Waals surface area contributed by atoms with Crippen LogP contribution in [0.2, 0.25) is 0 Å². The molecule has 0 radical (unpaired) electrons. The summed E-state index contributed by atoms with van der Waals surface area (Å²) in [5.41, 5.74) is 0. The Morgan fingerprint density at radius 2 is 2.38 bits per heavy atom. The lowest BCUT2D eigenvalue weighted by atomic mass is 10.2. The molecule has 0 aromatic heterocycles. The second-order valence-corrected chi connectivity index (χ2v) is 2.90. The molecule has 0 saturated heterocycles. The number of carbonyl (C=O) groups excluding carboxylic acids is 1. The van der Waals surface area contributed by atoms with Gasteiger partial charge in [0.2, 0.25) is 0 Å². The Balaban J connectivity index is 3.70. The van der Waals surface area contributed by atoms with Crippen molar-refractivity contribution >= 4 is 5.91 Å². The van der Waals surface area contributed by atoms with Crippen molar-refractivity contribution in [3.05, 3.63) is 12.7 Å². The molecule has 0 saturated carbocycles. The van der Waals surface area contributed by atoms with Crippen LogP contribution in [0.5, 0.6) is 0 Å². The molecule has 1 N–H and O–H groups in total. The van der Waals surface area contributed by atoms with Gasteiger partial charge < -0.3 is 5.32 Å². The highest BCUT2D eigenvalue weighted by molar-refractivity contribution is 5.93. The molecule has 0 rings (SSSR count). The van der Waals surface area contributed by atoms with Gasteiger partial charge in [0.15, 0.2) is 0 Å². The maximum Gasteiger partial charge on any atom is 0.296 e. The highest BCUT2D eigenvalue weighted by atomic mass is 16.1. The van der Waals surface area contributed by atoms with E-state index in [0.717, 1.165) is 19.3 Å². The minimum Gasteiger partial charge on any atom is -0.339 e. The van der Waals surface area contributed by atoms with Crippen LogP contribution in [0.15, 0.2) is 12.7 Å². The minimum atomic E-state index is -0.219. The fraction of sp³-hybridized carbons (Fsp3) is 0.545. The van der Waals surface area contributed by atoms with Crippen LogP contribution in [0.3, 0.4) is 0 Å². The lowest BCUT2D eigenvalue weighted by Crippen LogP contribution is -2.29. The topological polar surface area (TPSA) is 29.1 Å². The summed E-state index contributed by atoms with van der Waals surface area (Å²) in [5, 5.41) is 2.68. The van der Waals surface area contributed by atoms with Gasteiger partial charge in [0.25, 0.3) is 5.91 Å². The fourth-order valence-corrected chi connectivity index (χ4v) is 0.710. The van der Waals surface area contributed by atoms with E-state index in [1.54, 1.807) is 6.08 Å². The van der Waals surface area contributed by atoms with Gasteiger partial charge >= 0.3 is 0 Å². The third-order valence-electron chi connectivity index (χ3n) is 1.57. The van der Waals surface area contributed by atoms with Gasteiger partial charge in [-0.1, -0.05) is 25.3 Å². The second-order valence-electron chi connectivity index (χ2n) is 2.90. The van der Waals surface area contributed by atoms with E-state index in [2.05, 4.69) is 30.7 Å². The van der Waals surface area contributed by atoms with Gasteiger partial charge in [-0.3, -0.25) is 4.79 Å². The third-order valence-corrected chi connectivity index (χ3v) is 1.57. The van der Waals surface area contributed by atoms with E-state index in [9.17, 15) is 4.79 Å². The van der Waals surface area contributed by atoms with Crippen LogP contribution in [0.25, 0.3) is 0 Å². The summed E-state index contributed by atoms with van der Waals surface area (Å²) in [7, 11) is 0. The zero-order valence-corrected chi connectivity index (χ0v) is 8.39. The monoisotopic (exact) mass is 179 g/mol. The Morgan fingerprint density at radius 1 is 1.69 bits per heavy atom. The van der Waals surface area contributed by atoms with Crippen molar-refractivity contribution in [1.29, 1.82) is 0 Å². The summed E-state index contributed by atoms with van der Waals surface area (Å²) in [6.07, 6.45) is 4.63. The molecular formula is C11H17NO. The minimum absolute atomic E-state index is 0.00650. The molecule has 72 valence electrons. The van der Waals surface area contributed by atoms with Gasteiger partial charge in [0.1, 0.15) is 0 Å². The normalized spacial score (nSPS) is 10.9. The predicted octanol–water partition coefficient (Wildman–Crippen LogP) is 1.87. The van der Waals surface area contributed by atoms with Crippen LogP contribution in [0.4, 0.5) is 0 Å². The van der Waals surface area contributed by atoms with Crippen LogP contribution >= 0.6 is 0 Å². The summed E-state index contributed by atoms with van der Waals surface area (Å²) < 4.78 is 0. The predicted molar refractivity (Wildman–Crippen MR) is 55.1 cm³/mol. The molecule has 0 aromatic carbocycles. The largest absolute Gasteiger partial charge is 0.339 e. The van der Waals surface area contributed by atoms with Crippen molar-refractivity contribution in [2.45, 2.75) is 39.2 Å². The lowest BCUT2D eigenvalue weighted by Gasteiger charge is -2.03.